The third-order valence-electron chi connectivity index (χ3n) is 2.21. The number of aryl methyl sites for hydroxylation is 1. The van der Waals surface area contributed by atoms with Crippen LogP contribution in [0.5, 0.6) is 5.75 Å². The molecule has 0 unspecified atom stereocenters. The van der Waals surface area contributed by atoms with E-state index in [0.717, 1.165) is 17.1 Å². The number of phenols is 1. The van der Waals surface area contributed by atoms with E-state index in [4.69, 9.17) is 0 Å². The van der Waals surface area contributed by atoms with Crippen molar-refractivity contribution in [3.05, 3.63) is 42.0 Å². The Kier molecular flexibility index (Phi) is 2.58. The fourth-order valence-electron chi connectivity index (χ4n) is 1.35. The molecule has 15 heavy (non-hydrogen) atoms. The smallest absolute Gasteiger partial charge is 0.125 e. The van der Waals surface area contributed by atoms with Crippen molar-refractivity contribution < 1.29 is 5.11 Å². The molecule has 2 aromatic rings. The fraction of sp³-hybridized carbons (Fsp3) is 0.182. The molecule has 3 N–H and O–H groups in total. The highest BCUT2D eigenvalue weighted by Gasteiger charge is 1.98. The van der Waals surface area contributed by atoms with Gasteiger partial charge < -0.3 is 15.4 Å². The molecule has 0 radical (unpaired) electrons. The number of hydrogen-bond donors (Lipinski definition) is 3. The second-order valence-corrected chi connectivity index (χ2v) is 3.39. The summed E-state index contributed by atoms with van der Waals surface area (Å²) in [6, 6.07) is 5.42. The van der Waals surface area contributed by atoms with Crippen molar-refractivity contribution in [2.45, 2.75) is 13.5 Å². The molecule has 2 rings (SSSR count). The first-order valence-corrected chi connectivity index (χ1v) is 4.77. The van der Waals surface area contributed by atoms with Gasteiger partial charge in [-0.15, -0.1) is 0 Å². The average Bonchev–Trinajstić information content (AvgIpc) is 2.73. The summed E-state index contributed by atoms with van der Waals surface area (Å²) in [5.74, 6) is 1.21. The second-order valence-electron chi connectivity index (χ2n) is 3.39. The number of anilines is 1. The highest BCUT2D eigenvalue weighted by molar-refractivity contribution is 5.50. The van der Waals surface area contributed by atoms with Crippen LogP contribution in [-0.4, -0.2) is 15.1 Å². The van der Waals surface area contributed by atoms with E-state index in [9.17, 15) is 5.11 Å². The van der Waals surface area contributed by atoms with Gasteiger partial charge in [-0.1, -0.05) is 0 Å². The van der Waals surface area contributed by atoms with E-state index >= 15 is 0 Å². The van der Waals surface area contributed by atoms with Crippen LogP contribution in [0.2, 0.25) is 0 Å². The number of nitrogens with one attached hydrogen (secondary N) is 2. The highest BCUT2D eigenvalue weighted by Crippen LogP contribution is 2.20. The zero-order valence-electron chi connectivity index (χ0n) is 8.49. The van der Waals surface area contributed by atoms with Gasteiger partial charge in [-0.25, -0.2) is 4.98 Å². The number of aromatic hydroxyl groups is 1. The summed E-state index contributed by atoms with van der Waals surface area (Å²) in [7, 11) is 0. The zero-order chi connectivity index (χ0) is 10.7. The largest absolute Gasteiger partial charge is 0.508 e. The van der Waals surface area contributed by atoms with Gasteiger partial charge in [0.2, 0.25) is 0 Å². The molecular formula is C11H13N3O. The van der Waals surface area contributed by atoms with Crippen LogP contribution in [0.15, 0.2) is 30.6 Å². The van der Waals surface area contributed by atoms with Gasteiger partial charge in [0.25, 0.3) is 0 Å². The van der Waals surface area contributed by atoms with Crippen LogP contribution in [-0.2, 0) is 6.54 Å². The highest BCUT2D eigenvalue weighted by atomic mass is 16.3. The minimum atomic E-state index is 0.318. The summed E-state index contributed by atoms with van der Waals surface area (Å²) < 4.78 is 0. The van der Waals surface area contributed by atoms with Crippen LogP contribution in [0.4, 0.5) is 5.69 Å². The first-order chi connectivity index (χ1) is 7.25. The van der Waals surface area contributed by atoms with Crippen molar-refractivity contribution in [2.24, 2.45) is 0 Å². The maximum atomic E-state index is 9.35. The molecule has 0 saturated carbocycles. The van der Waals surface area contributed by atoms with E-state index in [2.05, 4.69) is 15.3 Å². The van der Waals surface area contributed by atoms with Gasteiger partial charge in [0.1, 0.15) is 11.6 Å². The van der Waals surface area contributed by atoms with Crippen molar-refractivity contribution in [3.63, 3.8) is 0 Å². The molecule has 4 heteroatoms. The number of nitrogens with zero attached hydrogens (tertiary/aromatic N) is 1. The van der Waals surface area contributed by atoms with Crippen molar-refractivity contribution in [2.75, 3.05) is 5.32 Å². The monoisotopic (exact) mass is 203 g/mol. The summed E-state index contributed by atoms with van der Waals surface area (Å²) in [4.78, 5) is 7.11. The summed E-state index contributed by atoms with van der Waals surface area (Å²) >= 11 is 0. The molecule has 0 fully saturated rings. The predicted octanol–water partition coefficient (Wildman–Crippen LogP) is 2.04. The summed E-state index contributed by atoms with van der Waals surface area (Å²) in [5.41, 5.74) is 1.83. The molecule has 0 bridgehead atoms. The van der Waals surface area contributed by atoms with E-state index in [1.54, 1.807) is 18.5 Å². The van der Waals surface area contributed by atoms with Gasteiger partial charge in [-0.05, 0) is 30.7 Å². The van der Waals surface area contributed by atoms with Gasteiger partial charge in [-0.3, -0.25) is 0 Å². The number of imidazole rings is 1. The minimum absolute atomic E-state index is 0.318. The van der Waals surface area contributed by atoms with Crippen LogP contribution in [0.1, 0.15) is 11.4 Å². The number of H-pyrrole nitrogens is 1. The molecule has 1 aromatic heterocycles. The third kappa shape index (κ3) is 2.28. The van der Waals surface area contributed by atoms with Crippen molar-refractivity contribution >= 4 is 5.69 Å². The SMILES string of the molecule is Cc1cc(NCc2ncc[nH]2)ccc1O. The standard InChI is InChI=1S/C11H13N3O/c1-8-6-9(2-3-10(8)15)14-7-11-12-4-5-13-11/h2-6,14-15H,7H2,1H3,(H,12,13). The van der Waals surface area contributed by atoms with Gasteiger partial charge in [0, 0.05) is 18.1 Å². The lowest BCUT2D eigenvalue weighted by Crippen LogP contribution is -2.01. The molecule has 4 nitrogen and oxygen atoms in total. The Morgan fingerprint density at radius 3 is 3.00 bits per heavy atom. The summed E-state index contributed by atoms with van der Waals surface area (Å²) in [6.07, 6.45) is 3.51. The normalized spacial score (nSPS) is 10.2. The van der Waals surface area contributed by atoms with E-state index in [1.165, 1.54) is 0 Å². The maximum Gasteiger partial charge on any atom is 0.125 e. The molecule has 0 aliphatic rings. The molecule has 0 saturated heterocycles. The van der Waals surface area contributed by atoms with Crippen LogP contribution in [0.25, 0.3) is 0 Å². The first-order valence-electron chi connectivity index (χ1n) is 4.77. The number of aromatic amines is 1. The molecule has 0 aliphatic carbocycles. The molecular weight excluding hydrogens is 190 g/mol. The Morgan fingerprint density at radius 2 is 2.33 bits per heavy atom. The van der Waals surface area contributed by atoms with Crippen LogP contribution in [0, 0.1) is 6.92 Å². The third-order valence-corrected chi connectivity index (χ3v) is 2.21. The van der Waals surface area contributed by atoms with E-state index in [1.807, 2.05) is 19.1 Å². The Labute approximate surface area is 88.0 Å². The molecule has 1 heterocycles. The summed E-state index contributed by atoms with van der Waals surface area (Å²) in [6.45, 7) is 2.52. The maximum absolute atomic E-state index is 9.35. The van der Waals surface area contributed by atoms with E-state index in [0.29, 0.717) is 12.3 Å². The van der Waals surface area contributed by atoms with Crippen LogP contribution < -0.4 is 5.32 Å². The number of hydrogen-bond acceptors (Lipinski definition) is 3. The Balaban J connectivity index is 2.02. The Bertz CT molecular complexity index is 437. The zero-order valence-corrected chi connectivity index (χ0v) is 8.49. The second kappa shape index (κ2) is 4.04. The lowest BCUT2D eigenvalue weighted by Gasteiger charge is -2.06. The van der Waals surface area contributed by atoms with E-state index in [-0.39, 0.29) is 0 Å². The molecule has 78 valence electrons. The summed E-state index contributed by atoms with van der Waals surface area (Å²) in [5, 5.41) is 12.6. The molecule has 0 amide bonds. The van der Waals surface area contributed by atoms with Gasteiger partial charge in [-0.2, -0.15) is 0 Å². The fourth-order valence-corrected chi connectivity index (χ4v) is 1.35. The topological polar surface area (TPSA) is 60.9 Å². The van der Waals surface area contributed by atoms with Crippen molar-refractivity contribution in [1.29, 1.82) is 0 Å². The number of phenolic OH excluding ortho intramolecular Hbond substituents is 1. The first kappa shape index (κ1) is 9.58. The Hall–Kier alpha value is -1.97. The quantitative estimate of drug-likeness (QED) is 0.669. The lowest BCUT2D eigenvalue weighted by atomic mass is 10.2. The molecule has 0 aliphatic heterocycles. The molecule has 0 atom stereocenters. The average molecular weight is 203 g/mol. The predicted molar refractivity (Wildman–Crippen MR) is 58.8 cm³/mol. The van der Waals surface area contributed by atoms with Gasteiger partial charge in [0.15, 0.2) is 0 Å². The molecule has 1 aromatic carbocycles. The molecule has 0 spiro atoms. The van der Waals surface area contributed by atoms with Crippen LogP contribution >= 0.6 is 0 Å². The van der Waals surface area contributed by atoms with E-state index < -0.39 is 0 Å². The number of rotatable bonds is 3. The number of benzene rings is 1. The van der Waals surface area contributed by atoms with Crippen molar-refractivity contribution in [1.82, 2.24) is 9.97 Å². The Morgan fingerprint density at radius 1 is 1.47 bits per heavy atom. The van der Waals surface area contributed by atoms with Gasteiger partial charge in [0.05, 0.1) is 6.54 Å². The van der Waals surface area contributed by atoms with Gasteiger partial charge >= 0.3 is 0 Å². The number of aromatic nitrogens is 2. The minimum Gasteiger partial charge on any atom is -0.508 e. The lowest BCUT2D eigenvalue weighted by molar-refractivity contribution is 0.471. The van der Waals surface area contributed by atoms with Crippen molar-refractivity contribution in [3.8, 4) is 5.75 Å². The van der Waals surface area contributed by atoms with Crippen LogP contribution in [0.3, 0.4) is 0 Å².